The molecular formula is C21H23ClN2O3S2. The first kappa shape index (κ1) is 21.9. The van der Waals surface area contributed by atoms with E-state index in [9.17, 15) is 9.90 Å². The molecule has 1 aromatic carbocycles. The summed E-state index contributed by atoms with van der Waals surface area (Å²) in [6.07, 6.45) is 3.52. The molecular weight excluding hydrogens is 428 g/mol. The molecule has 8 heteroatoms. The van der Waals surface area contributed by atoms with E-state index in [2.05, 4.69) is 5.32 Å². The number of nitrogens with zero attached hydrogens (tertiary/aromatic N) is 1. The number of aliphatic hydroxyl groups excluding tert-OH is 2. The smallest absolute Gasteiger partial charge is 0.224 e. The van der Waals surface area contributed by atoms with Crippen molar-refractivity contribution in [2.45, 2.75) is 32.4 Å². The molecule has 29 heavy (non-hydrogen) atoms. The van der Waals surface area contributed by atoms with Gasteiger partial charge in [0.15, 0.2) is 0 Å². The van der Waals surface area contributed by atoms with Crippen LogP contribution in [0, 0.1) is 4.51 Å². The second-order valence-corrected chi connectivity index (χ2v) is 8.70. The highest BCUT2D eigenvalue weighted by Gasteiger charge is 2.13. The molecule has 3 rings (SSSR count). The number of aliphatic hydroxyl groups is 2. The zero-order valence-corrected chi connectivity index (χ0v) is 18.2. The second-order valence-electron chi connectivity index (χ2n) is 6.74. The minimum absolute atomic E-state index is 0.00260. The first-order valence-electron chi connectivity index (χ1n) is 9.39. The van der Waals surface area contributed by atoms with E-state index >= 15 is 0 Å². The molecule has 2 aromatic heterocycles. The summed E-state index contributed by atoms with van der Waals surface area (Å²) in [6.45, 7) is 1.00. The molecule has 3 N–H and O–H groups in total. The fourth-order valence-corrected chi connectivity index (χ4v) is 4.78. The molecule has 5 nitrogen and oxygen atoms in total. The first-order valence-corrected chi connectivity index (χ1v) is 11.0. The van der Waals surface area contributed by atoms with Crippen LogP contribution in [-0.4, -0.2) is 33.9 Å². The fraction of sp³-hybridized carbons (Fsp3) is 0.333. The van der Waals surface area contributed by atoms with Crippen LogP contribution in [0.25, 0.3) is 10.2 Å². The second kappa shape index (κ2) is 10.3. The molecule has 0 unspecified atom stereocenters. The third-order valence-electron chi connectivity index (χ3n) is 4.55. The van der Waals surface area contributed by atoms with Crippen LogP contribution in [0.4, 0.5) is 0 Å². The molecule has 2 heterocycles. The number of aromatic nitrogens is 1. The minimum Gasteiger partial charge on any atom is -0.396 e. The van der Waals surface area contributed by atoms with Crippen molar-refractivity contribution in [3.63, 3.8) is 0 Å². The van der Waals surface area contributed by atoms with E-state index in [1.54, 1.807) is 23.5 Å². The van der Waals surface area contributed by atoms with Gasteiger partial charge >= 0.3 is 0 Å². The third kappa shape index (κ3) is 5.65. The van der Waals surface area contributed by atoms with Crippen molar-refractivity contribution in [2.75, 3.05) is 13.2 Å². The third-order valence-corrected chi connectivity index (χ3v) is 6.51. The van der Waals surface area contributed by atoms with Gasteiger partial charge < -0.3 is 20.1 Å². The molecule has 0 bridgehead atoms. The van der Waals surface area contributed by atoms with Crippen molar-refractivity contribution in [1.82, 2.24) is 9.88 Å². The van der Waals surface area contributed by atoms with Gasteiger partial charge in [-0.2, -0.15) is 0 Å². The number of carbonyl (C=O) groups excluding carboxylic acids is 1. The quantitative estimate of drug-likeness (QED) is 0.433. The average molecular weight is 451 g/mol. The number of fused-ring (bicyclic) bond motifs is 1. The summed E-state index contributed by atoms with van der Waals surface area (Å²) in [5.74, 6) is -0.114. The maximum atomic E-state index is 12.5. The van der Waals surface area contributed by atoms with Crippen molar-refractivity contribution in [3.8, 4) is 0 Å². The van der Waals surface area contributed by atoms with Gasteiger partial charge in [0.2, 0.25) is 5.91 Å². The Balaban J connectivity index is 1.80. The summed E-state index contributed by atoms with van der Waals surface area (Å²) in [4.78, 5) is 14.6. The molecule has 154 valence electrons. The summed E-state index contributed by atoms with van der Waals surface area (Å²) in [6, 6.07) is 9.38. The Morgan fingerprint density at radius 1 is 1.21 bits per heavy atom. The van der Waals surface area contributed by atoms with E-state index in [0.717, 1.165) is 32.6 Å². The predicted molar refractivity (Wildman–Crippen MR) is 120 cm³/mol. The number of carbonyl (C=O) groups is 1. The minimum atomic E-state index is -0.114. The van der Waals surface area contributed by atoms with Crippen LogP contribution in [0.3, 0.4) is 0 Å². The van der Waals surface area contributed by atoms with E-state index in [0.29, 0.717) is 29.0 Å². The van der Waals surface area contributed by atoms with Crippen LogP contribution in [-0.2, 0) is 30.7 Å². The summed E-state index contributed by atoms with van der Waals surface area (Å²) >= 11 is 13.2. The maximum Gasteiger partial charge on any atom is 0.224 e. The number of nitrogens with one attached hydrogen (secondary N) is 1. The highest BCUT2D eigenvalue weighted by atomic mass is 35.5. The lowest BCUT2D eigenvalue weighted by Crippen LogP contribution is -2.25. The summed E-state index contributed by atoms with van der Waals surface area (Å²) < 4.78 is 2.63. The molecule has 0 fully saturated rings. The number of hydrogen-bond donors (Lipinski definition) is 3. The lowest BCUT2D eigenvalue weighted by Gasteiger charge is -2.11. The van der Waals surface area contributed by atoms with E-state index in [4.69, 9.17) is 28.9 Å². The van der Waals surface area contributed by atoms with Crippen LogP contribution < -0.4 is 5.32 Å². The van der Waals surface area contributed by atoms with Crippen molar-refractivity contribution >= 4 is 51.3 Å². The highest BCUT2D eigenvalue weighted by Crippen LogP contribution is 2.29. The lowest BCUT2D eigenvalue weighted by molar-refractivity contribution is -0.120. The van der Waals surface area contributed by atoms with Crippen molar-refractivity contribution in [3.05, 3.63) is 62.1 Å². The van der Waals surface area contributed by atoms with Crippen molar-refractivity contribution < 1.29 is 15.0 Å². The summed E-state index contributed by atoms with van der Waals surface area (Å²) in [5.41, 5.74) is 1.74. The monoisotopic (exact) mass is 450 g/mol. The zero-order chi connectivity index (χ0) is 20.8. The normalized spacial score (nSPS) is 11.1. The van der Waals surface area contributed by atoms with Gasteiger partial charge in [-0.05, 0) is 42.2 Å². The zero-order valence-electron chi connectivity index (χ0n) is 15.9. The molecule has 3 aromatic rings. The molecule has 0 aliphatic rings. The number of hydrogen-bond acceptors (Lipinski definition) is 5. The molecule has 0 aliphatic carbocycles. The molecule has 0 aliphatic heterocycles. The Morgan fingerprint density at radius 3 is 2.66 bits per heavy atom. The van der Waals surface area contributed by atoms with Crippen molar-refractivity contribution in [1.29, 1.82) is 0 Å². The van der Waals surface area contributed by atoms with Gasteiger partial charge in [0.1, 0.15) is 4.83 Å². The molecule has 1 amide bonds. The Bertz CT molecular complexity index is 1040. The van der Waals surface area contributed by atoms with Gasteiger partial charge in [-0.15, -0.1) is 11.3 Å². The molecule has 0 saturated heterocycles. The van der Waals surface area contributed by atoms with Crippen LogP contribution in [0.15, 0.2) is 36.5 Å². The predicted octanol–water partition coefficient (Wildman–Crippen LogP) is 3.86. The van der Waals surface area contributed by atoms with Gasteiger partial charge in [0, 0.05) is 41.2 Å². The Labute approximate surface area is 183 Å². The first-order chi connectivity index (χ1) is 14.0. The largest absolute Gasteiger partial charge is 0.396 e. The van der Waals surface area contributed by atoms with Crippen LogP contribution >= 0.6 is 35.2 Å². The van der Waals surface area contributed by atoms with Crippen LogP contribution in [0.5, 0.6) is 0 Å². The van der Waals surface area contributed by atoms with Gasteiger partial charge in [-0.25, -0.2) is 0 Å². The number of halogens is 1. The van der Waals surface area contributed by atoms with E-state index in [-0.39, 0.29) is 25.5 Å². The van der Waals surface area contributed by atoms with E-state index in [1.165, 1.54) is 0 Å². The molecule has 0 saturated carbocycles. The number of pyridine rings is 1. The lowest BCUT2D eigenvalue weighted by atomic mass is 10.1. The number of aryl methyl sites for hydroxylation is 1. The van der Waals surface area contributed by atoms with Gasteiger partial charge in [-0.3, -0.25) is 4.79 Å². The Morgan fingerprint density at radius 2 is 1.97 bits per heavy atom. The number of thiophene rings is 1. The number of amides is 1. The van der Waals surface area contributed by atoms with Crippen LogP contribution in [0.2, 0.25) is 5.02 Å². The van der Waals surface area contributed by atoms with Gasteiger partial charge in [-0.1, -0.05) is 36.0 Å². The van der Waals surface area contributed by atoms with Gasteiger partial charge in [0.05, 0.1) is 17.5 Å². The highest BCUT2D eigenvalue weighted by molar-refractivity contribution is 7.71. The summed E-state index contributed by atoms with van der Waals surface area (Å²) in [5, 5.41) is 23.0. The standard InChI is InChI=1S/C21H23ClN2O3S2/c22-16-5-3-14(4-6-16)12-23-19(27)10-15-13-24(7-9-26)21-18(20(15)28)11-17(29-21)2-1-8-25/h3-6,11,13,25-26H,1-2,7-10,12H2,(H,23,27). The summed E-state index contributed by atoms with van der Waals surface area (Å²) in [7, 11) is 0. The fourth-order valence-electron chi connectivity index (χ4n) is 3.10. The Hall–Kier alpha value is -1.77. The molecule has 0 spiro atoms. The van der Waals surface area contributed by atoms with Crippen molar-refractivity contribution in [2.24, 2.45) is 0 Å². The number of benzene rings is 1. The van der Waals surface area contributed by atoms with E-state index < -0.39 is 0 Å². The number of rotatable bonds is 9. The maximum absolute atomic E-state index is 12.5. The van der Waals surface area contributed by atoms with E-state index in [1.807, 2.05) is 29.0 Å². The average Bonchev–Trinajstić information content (AvgIpc) is 3.14. The topological polar surface area (TPSA) is 74.5 Å². The Kier molecular flexibility index (Phi) is 7.80. The SMILES string of the molecule is O=C(Cc1cn(CCO)c2sc(CCCO)cc2c1=S)NCc1ccc(Cl)cc1. The van der Waals surface area contributed by atoms with Crippen LogP contribution in [0.1, 0.15) is 22.4 Å². The molecule has 0 atom stereocenters. The van der Waals surface area contributed by atoms with Gasteiger partial charge in [0.25, 0.3) is 0 Å². The molecule has 0 radical (unpaired) electrons.